The summed E-state index contributed by atoms with van der Waals surface area (Å²) in [6.07, 6.45) is -1.05. The van der Waals surface area contributed by atoms with Crippen LogP contribution in [0.1, 0.15) is 54.0 Å². The zero-order valence-corrected chi connectivity index (χ0v) is 16.0. The molecule has 1 fully saturated rings. The van der Waals surface area contributed by atoms with E-state index in [1.165, 1.54) is 17.0 Å². The number of benzene rings is 1. The topological polar surface area (TPSA) is 59.0 Å². The molecule has 1 saturated heterocycles. The van der Waals surface area contributed by atoms with Crippen molar-refractivity contribution in [1.82, 2.24) is 4.90 Å². The maximum Gasteiger partial charge on any atom is 0.494 e. The summed E-state index contributed by atoms with van der Waals surface area (Å²) in [5, 5.41) is 9.44. The summed E-state index contributed by atoms with van der Waals surface area (Å²) >= 11 is 0. The molecule has 0 aliphatic carbocycles. The summed E-state index contributed by atoms with van der Waals surface area (Å²) in [5.74, 6) is -0.443. The van der Waals surface area contributed by atoms with Gasteiger partial charge in [-0.05, 0) is 71.6 Å². The molecule has 0 aromatic heterocycles. The van der Waals surface area contributed by atoms with Gasteiger partial charge in [-0.3, -0.25) is 4.90 Å². The van der Waals surface area contributed by atoms with Crippen molar-refractivity contribution < 1.29 is 23.6 Å². The van der Waals surface area contributed by atoms with Crippen molar-refractivity contribution in [3.63, 3.8) is 0 Å². The Bertz CT molecular complexity index is 654. The quantitative estimate of drug-likeness (QED) is 0.848. The van der Waals surface area contributed by atoms with Crippen LogP contribution >= 0.6 is 0 Å². The van der Waals surface area contributed by atoms with E-state index in [0.29, 0.717) is 11.0 Å². The van der Waals surface area contributed by atoms with Gasteiger partial charge in [0.1, 0.15) is 5.82 Å². The van der Waals surface area contributed by atoms with Gasteiger partial charge in [0, 0.05) is 12.1 Å². The second-order valence-electron chi connectivity index (χ2n) is 8.52. The Kier molecular flexibility index (Phi) is 4.96. The van der Waals surface area contributed by atoms with Gasteiger partial charge < -0.3 is 14.4 Å². The Hall–Kier alpha value is -1.60. The van der Waals surface area contributed by atoms with Crippen LogP contribution in [0.15, 0.2) is 18.2 Å². The van der Waals surface area contributed by atoms with Gasteiger partial charge in [-0.25, -0.2) is 9.18 Å². The number of nitrogens with zero attached hydrogens (tertiary/aromatic N) is 1. The zero-order valence-electron chi connectivity index (χ0n) is 16.0. The summed E-state index contributed by atoms with van der Waals surface area (Å²) in [7, 11) is -0.688. The SMILES string of the molecule is CC(C)(C)N(Cc1cc(F)cc(B2OC(C)(C)C(C)(C)O2)c1)C(=O)O. The van der Waals surface area contributed by atoms with Gasteiger partial charge in [-0.2, -0.15) is 0 Å². The third-order valence-electron chi connectivity index (χ3n) is 4.89. The van der Waals surface area contributed by atoms with Gasteiger partial charge in [-0.1, -0.05) is 6.07 Å². The number of hydrogen-bond donors (Lipinski definition) is 1. The number of rotatable bonds is 3. The Morgan fingerprint density at radius 3 is 2.12 bits per heavy atom. The van der Waals surface area contributed by atoms with Crippen LogP contribution in [-0.4, -0.2) is 40.0 Å². The minimum absolute atomic E-state index is 0.0864. The average Bonchev–Trinajstić information content (AvgIpc) is 2.62. The maximum absolute atomic E-state index is 14.1. The van der Waals surface area contributed by atoms with E-state index in [1.807, 2.05) is 27.7 Å². The first-order valence-corrected chi connectivity index (χ1v) is 8.38. The number of hydrogen-bond acceptors (Lipinski definition) is 3. The second-order valence-corrected chi connectivity index (χ2v) is 8.52. The van der Waals surface area contributed by atoms with Crippen molar-refractivity contribution >= 4 is 18.7 Å². The molecule has 1 aromatic carbocycles. The number of carboxylic acid groups (broad SMARTS) is 1. The maximum atomic E-state index is 14.1. The molecule has 2 rings (SSSR count). The first-order chi connectivity index (χ1) is 11.2. The number of carbonyl (C=O) groups is 1. The summed E-state index contributed by atoms with van der Waals surface area (Å²) in [4.78, 5) is 12.8. The molecule has 1 heterocycles. The van der Waals surface area contributed by atoms with Crippen LogP contribution in [0.3, 0.4) is 0 Å². The molecule has 25 heavy (non-hydrogen) atoms. The highest BCUT2D eigenvalue weighted by Gasteiger charge is 2.51. The van der Waals surface area contributed by atoms with E-state index in [2.05, 4.69) is 0 Å². The molecule has 0 unspecified atom stereocenters. The van der Waals surface area contributed by atoms with E-state index in [0.717, 1.165) is 0 Å². The van der Waals surface area contributed by atoms with Crippen molar-refractivity contribution in [2.24, 2.45) is 0 Å². The Balaban J connectivity index is 2.31. The minimum atomic E-state index is -1.05. The zero-order chi connectivity index (χ0) is 19.2. The molecule has 0 radical (unpaired) electrons. The molecule has 0 saturated carbocycles. The highest BCUT2D eigenvalue weighted by Crippen LogP contribution is 2.36. The van der Waals surface area contributed by atoms with Gasteiger partial charge in [0.15, 0.2) is 0 Å². The number of amides is 1. The lowest BCUT2D eigenvalue weighted by Gasteiger charge is -2.33. The second kappa shape index (κ2) is 6.29. The number of halogens is 1. The van der Waals surface area contributed by atoms with Gasteiger partial charge in [0.05, 0.1) is 11.2 Å². The van der Waals surface area contributed by atoms with Gasteiger partial charge in [-0.15, -0.1) is 0 Å². The summed E-state index contributed by atoms with van der Waals surface area (Å²) in [5.41, 5.74) is -0.538. The normalized spacial score (nSPS) is 19.1. The fourth-order valence-electron chi connectivity index (χ4n) is 2.66. The Morgan fingerprint density at radius 1 is 1.16 bits per heavy atom. The van der Waals surface area contributed by atoms with Crippen LogP contribution in [0.4, 0.5) is 9.18 Å². The molecule has 1 aliphatic heterocycles. The van der Waals surface area contributed by atoms with Crippen molar-refractivity contribution in [2.75, 3.05) is 0 Å². The molecule has 0 spiro atoms. The van der Waals surface area contributed by atoms with Gasteiger partial charge in [0.2, 0.25) is 0 Å². The monoisotopic (exact) mass is 351 g/mol. The van der Waals surface area contributed by atoms with Crippen molar-refractivity contribution in [3.8, 4) is 0 Å². The largest absolute Gasteiger partial charge is 0.494 e. The smallest absolute Gasteiger partial charge is 0.465 e. The van der Waals surface area contributed by atoms with Crippen molar-refractivity contribution in [3.05, 3.63) is 29.6 Å². The molecule has 138 valence electrons. The lowest BCUT2D eigenvalue weighted by molar-refractivity contribution is 0.00578. The minimum Gasteiger partial charge on any atom is -0.465 e. The Labute approximate surface area is 149 Å². The molecule has 1 N–H and O–H groups in total. The van der Waals surface area contributed by atoms with E-state index in [1.54, 1.807) is 26.8 Å². The third-order valence-corrected chi connectivity index (χ3v) is 4.89. The molecule has 7 heteroatoms. The van der Waals surface area contributed by atoms with E-state index in [4.69, 9.17) is 9.31 Å². The van der Waals surface area contributed by atoms with Crippen LogP contribution in [0, 0.1) is 5.82 Å². The molecule has 0 bridgehead atoms. The van der Waals surface area contributed by atoms with Crippen molar-refractivity contribution in [1.29, 1.82) is 0 Å². The van der Waals surface area contributed by atoms with Crippen LogP contribution < -0.4 is 5.46 Å². The average molecular weight is 351 g/mol. The van der Waals surface area contributed by atoms with E-state index in [-0.39, 0.29) is 6.54 Å². The first kappa shape index (κ1) is 19.7. The summed E-state index contributed by atoms with van der Waals surface area (Å²) in [6, 6.07) is 4.46. The standard InChI is InChI=1S/C18H27BFNO4/c1-16(2,3)21(15(22)23)11-12-8-13(10-14(20)9-12)19-24-17(4,5)18(6,7)25-19/h8-10H,11H2,1-7H3,(H,22,23). The molecular formula is C18H27BFNO4. The Morgan fingerprint density at radius 2 is 1.68 bits per heavy atom. The molecule has 1 aliphatic rings. The molecule has 5 nitrogen and oxygen atoms in total. The first-order valence-electron chi connectivity index (χ1n) is 8.38. The summed E-state index contributed by atoms with van der Waals surface area (Å²) < 4.78 is 26.1. The lowest BCUT2D eigenvalue weighted by Crippen LogP contribution is -2.44. The molecule has 1 aromatic rings. The van der Waals surface area contributed by atoms with E-state index >= 15 is 0 Å². The predicted molar refractivity (Wildman–Crippen MR) is 95.4 cm³/mol. The van der Waals surface area contributed by atoms with Crippen molar-refractivity contribution in [2.45, 2.75) is 71.8 Å². The molecular weight excluding hydrogens is 324 g/mol. The molecule has 1 amide bonds. The summed E-state index contributed by atoms with van der Waals surface area (Å²) in [6.45, 7) is 13.2. The third kappa shape index (κ3) is 4.15. The molecule has 0 atom stereocenters. The van der Waals surface area contributed by atoms with E-state index in [9.17, 15) is 14.3 Å². The van der Waals surface area contributed by atoms with Gasteiger partial charge in [0.25, 0.3) is 0 Å². The fraction of sp³-hybridized carbons (Fsp3) is 0.611. The van der Waals surface area contributed by atoms with Crippen LogP contribution in [-0.2, 0) is 15.9 Å². The highest BCUT2D eigenvalue weighted by atomic mass is 19.1. The predicted octanol–water partition coefficient (Wildman–Crippen LogP) is 3.40. The van der Waals surface area contributed by atoms with Crippen LogP contribution in [0.25, 0.3) is 0 Å². The fourth-order valence-corrected chi connectivity index (χ4v) is 2.66. The highest BCUT2D eigenvalue weighted by molar-refractivity contribution is 6.62. The van der Waals surface area contributed by atoms with Crippen LogP contribution in [0.5, 0.6) is 0 Å². The lowest BCUT2D eigenvalue weighted by atomic mass is 9.78. The van der Waals surface area contributed by atoms with E-state index < -0.39 is 35.8 Å². The van der Waals surface area contributed by atoms with Crippen LogP contribution in [0.2, 0.25) is 0 Å². The van der Waals surface area contributed by atoms with Gasteiger partial charge >= 0.3 is 13.2 Å².